The zero-order chi connectivity index (χ0) is 44.8. The van der Waals surface area contributed by atoms with Crippen LogP contribution in [0.5, 0.6) is 0 Å². The van der Waals surface area contributed by atoms with E-state index in [1.807, 2.05) is 0 Å². The van der Waals surface area contributed by atoms with E-state index in [4.69, 9.17) is 0 Å². The second kappa shape index (κ2) is 18.7. The quantitative estimate of drug-likeness (QED) is 0.125. The molecule has 0 saturated carbocycles. The summed E-state index contributed by atoms with van der Waals surface area (Å²) in [6, 6.07) is 103. The maximum absolute atomic E-state index is 2.41. The topological polar surface area (TPSA) is 3.24 Å². The molecule has 0 N–H and O–H groups in total. The Kier molecular flexibility index (Phi) is 11.5. The van der Waals surface area contributed by atoms with Gasteiger partial charge in [0.15, 0.2) is 0 Å². The highest BCUT2D eigenvalue weighted by atomic mass is 15.1. The minimum absolute atomic E-state index is 1.08. The highest BCUT2D eigenvalue weighted by molar-refractivity contribution is 5.98. The molecule has 11 aromatic rings. The summed E-state index contributed by atoms with van der Waals surface area (Å²) < 4.78 is 0. The molecule has 0 atom stereocenters. The molecule has 0 aliphatic rings. The molecule has 11 rings (SSSR count). The molecular formula is C66H47N. The molecule has 0 aromatic heterocycles. The average molecular weight is 854 g/mol. The van der Waals surface area contributed by atoms with Crippen molar-refractivity contribution in [2.24, 2.45) is 0 Å². The fraction of sp³-hybridized carbons (Fsp3) is 0. The van der Waals surface area contributed by atoms with Gasteiger partial charge in [-0.15, -0.1) is 0 Å². The summed E-state index contributed by atoms with van der Waals surface area (Å²) in [7, 11) is 0. The van der Waals surface area contributed by atoms with Gasteiger partial charge in [0.25, 0.3) is 0 Å². The number of para-hydroxylation sites is 1. The maximum Gasteiger partial charge on any atom is 0.0540 e. The first-order valence-electron chi connectivity index (χ1n) is 23.0. The summed E-state index contributed by atoms with van der Waals surface area (Å²) in [6.45, 7) is 0. The van der Waals surface area contributed by atoms with Crippen LogP contribution in [0.4, 0.5) is 17.1 Å². The van der Waals surface area contributed by atoms with Crippen molar-refractivity contribution in [2.45, 2.75) is 0 Å². The Labute approximate surface area is 394 Å². The lowest BCUT2D eigenvalue weighted by Crippen LogP contribution is -2.11. The lowest BCUT2D eigenvalue weighted by Gasteiger charge is -2.29. The number of rotatable bonds is 11. The summed E-state index contributed by atoms with van der Waals surface area (Å²) in [5, 5.41) is 0. The highest BCUT2D eigenvalue weighted by Crippen LogP contribution is 2.46. The SMILES string of the molecule is c1ccc(-c2ccc(-c3ccc(N(c4ccc(-c5ccc(-c6ccccc6)cc5)cc4)c4ccccc4-c4ccccc4-c4ccc(-c5ccccc5)cc4-c4ccccc4)cc3)cc2)cc1. The summed E-state index contributed by atoms with van der Waals surface area (Å²) in [5.74, 6) is 0. The van der Waals surface area contributed by atoms with Crippen LogP contribution in [0, 0.1) is 0 Å². The lowest BCUT2D eigenvalue weighted by molar-refractivity contribution is 1.28. The Morgan fingerprint density at radius 2 is 0.433 bits per heavy atom. The van der Waals surface area contributed by atoms with Crippen LogP contribution >= 0.6 is 0 Å². The molecule has 0 saturated heterocycles. The molecule has 1 nitrogen and oxygen atoms in total. The van der Waals surface area contributed by atoms with Crippen LogP contribution in [0.15, 0.2) is 285 Å². The first-order chi connectivity index (χ1) is 33.2. The highest BCUT2D eigenvalue weighted by Gasteiger charge is 2.21. The molecule has 67 heavy (non-hydrogen) atoms. The predicted molar refractivity (Wildman–Crippen MR) is 285 cm³/mol. The molecule has 0 amide bonds. The van der Waals surface area contributed by atoms with Crippen LogP contribution in [-0.4, -0.2) is 0 Å². The minimum Gasteiger partial charge on any atom is -0.310 e. The zero-order valence-corrected chi connectivity index (χ0v) is 37.1. The second-order valence-corrected chi connectivity index (χ2v) is 16.9. The fourth-order valence-corrected chi connectivity index (χ4v) is 9.30. The number of anilines is 3. The van der Waals surface area contributed by atoms with Crippen LogP contribution in [0.25, 0.3) is 89.0 Å². The summed E-state index contributed by atoms with van der Waals surface area (Å²) in [5.41, 5.74) is 22.3. The van der Waals surface area contributed by atoms with Crippen molar-refractivity contribution in [2.75, 3.05) is 4.90 Å². The molecule has 0 fully saturated rings. The van der Waals surface area contributed by atoms with Crippen LogP contribution in [0.1, 0.15) is 0 Å². The average Bonchev–Trinajstić information content (AvgIpc) is 3.42. The molecule has 11 aromatic carbocycles. The summed E-state index contributed by atoms with van der Waals surface area (Å²) in [6.07, 6.45) is 0. The van der Waals surface area contributed by atoms with Gasteiger partial charge in [0.2, 0.25) is 0 Å². The molecule has 0 heterocycles. The summed E-state index contributed by atoms with van der Waals surface area (Å²) >= 11 is 0. The molecule has 1 heteroatoms. The van der Waals surface area contributed by atoms with Gasteiger partial charge in [-0.2, -0.15) is 0 Å². The van der Waals surface area contributed by atoms with Crippen LogP contribution < -0.4 is 4.90 Å². The van der Waals surface area contributed by atoms with Crippen molar-refractivity contribution >= 4 is 17.1 Å². The van der Waals surface area contributed by atoms with Gasteiger partial charge in [-0.25, -0.2) is 0 Å². The molecule has 0 radical (unpaired) electrons. The number of hydrogen-bond acceptors (Lipinski definition) is 1. The van der Waals surface area contributed by atoms with Crippen LogP contribution in [-0.2, 0) is 0 Å². The van der Waals surface area contributed by atoms with Gasteiger partial charge in [0.1, 0.15) is 0 Å². The van der Waals surface area contributed by atoms with E-state index < -0.39 is 0 Å². The third-order valence-corrected chi connectivity index (χ3v) is 12.8. The van der Waals surface area contributed by atoms with Gasteiger partial charge in [-0.1, -0.05) is 249 Å². The summed E-state index contributed by atoms with van der Waals surface area (Å²) in [4.78, 5) is 2.41. The Morgan fingerprint density at radius 3 is 0.851 bits per heavy atom. The third-order valence-electron chi connectivity index (χ3n) is 12.8. The third kappa shape index (κ3) is 8.63. The van der Waals surface area contributed by atoms with E-state index in [0.717, 1.165) is 28.2 Å². The van der Waals surface area contributed by atoms with E-state index in [1.54, 1.807) is 0 Å². The molecule has 0 bridgehead atoms. The monoisotopic (exact) mass is 853 g/mol. The molecule has 0 aliphatic carbocycles. The Morgan fingerprint density at radius 1 is 0.164 bits per heavy atom. The number of benzene rings is 11. The van der Waals surface area contributed by atoms with E-state index in [1.165, 1.54) is 77.9 Å². The maximum atomic E-state index is 2.41. The zero-order valence-electron chi connectivity index (χ0n) is 37.1. The van der Waals surface area contributed by atoms with Crippen molar-refractivity contribution in [3.63, 3.8) is 0 Å². The molecule has 0 unspecified atom stereocenters. The Hall–Kier alpha value is -8.78. The van der Waals surface area contributed by atoms with Gasteiger partial charge >= 0.3 is 0 Å². The van der Waals surface area contributed by atoms with E-state index >= 15 is 0 Å². The largest absolute Gasteiger partial charge is 0.310 e. The molecular weight excluding hydrogens is 807 g/mol. The van der Waals surface area contributed by atoms with E-state index in [9.17, 15) is 0 Å². The van der Waals surface area contributed by atoms with Gasteiger partial charge < -0.3 is 4.90 Å². The van der Waals surface area contributed by atoms with Crippen LogP contribution in [0.3, 0.4) is 0 Å². The standard InChI is InChI=1S/C66H47N/c1-5-17-48(18-6-1)51-29-33-53(34-30-51)55-37-42-59(43-38-55)67(60-44-39-56(40-45-60)54-35-31-52(32-36-54)49-19-7-2-8-20-49)66-28-16-15-27-64(66)62-26-14-13-25-61(62)63-46-41-58(50-21-9-3-10-22-50)47-65(63)57-23-11-4-12-24-57/h1-47H. The minimum atomic E-state index is 1.08. The Balaban J connectivity index is 1.01. The first kappa shape index (κ1) is 41.0. The smallest absolute Gasteiger partial charge is 0.0540 e. The Bertz CT molecular complexity index is 3250. The van der Waals surface area contributed by atoms with Gasteiger partial charge in [-0.05, 0) is 120 Å². The molecule has 316 valence electrons. The van der Waals surface area contributed by atoms with Crippen molar-refractivity contribution < 1.29 is 0 Å². The normalized spacial score (nSPS) is 11.0. The van der Waals surface area contributed by atoms with E-state index in [-0.39, 0.29) is 0 Å². The number of nitrogens with zero attached hydrogens (tertiary/aromatic N) is 1. The molecule has 0 aliphatic heterocycles. The van der Waals surface area contributed by atoms with E-state index in [2.05, 4.69) is 290 Å². The molecule has 0 spiro atoms. The van der Waals surface area contributed by atoms with Crippen molar-refractivity contribution in [3.8, 4) is 89.0 Å². The van der Waals surface area contributed by atoms with Gasteiger partial charge in [-0.3, -0.25) is 0 Å². The number of hydrogen-bond donors (Lipinski definition) is 0. The van der Waals surface area contributed by atoms with Crippen LogP contribution in [0.2, 0.25) is 0 Å². The fourth-order valence-electron chi connectivity index (χ4n) is 9.30. The van der Waals surface area contributed by atoms with Crippen molar-refractivity contribution in [1.29, 1.82) is 0 Å². The second-order valence-electron chi connectivity index (χ2n) is 16.9. The van der Waals surface area contributed by atoms with Gasteiger partial charge in [0.05, 0.1) is 5.69 Å². The lowest BCUT2D eigenvalue weighted by atomic mass is 9.87. The van der Waals surface area contributed by atoms with E-state index in [0.29, 0.717) is 0 Å². The first-order valence-corrected chi connectivity index (χ1v) is 23.0. The van der Waals surface area contributed by atoms with Gasteiger partial charge in [0, 0.05) is 16.9 Å². The van der Waals surface area contributed by atoms with Crippen molar-refractivity contribution in [1.82, 2.24) is 0 Å². The predicted octanol–water partition coefficient (Wildman–Crippen LogP) is 18.5. The van der Waals surface area contributed by atoms with Crippen molar-refractivity contribution in [3.05, 3.63) is 285 Å².